The molecule has 0 unspecified atom stereocenters. The number of rotatable bonds is 4. The molecule has 0 atom stereocenters. The molecule has 2 heterocycles. The molecule has 182 valence electrons. The van der Waals surface area contributed by atoms with Gasteiger partial charge in [-0.05, 0) is 49.4 Å². The van der Waals surface area contributed by atoms with Crippen LogP contribution in [0.1, 0.15) is 21.6 Å². The number of nitrogens with zero attached hydrogens (tertiary/aromatic N) is 3. The number of halogens is 3. The highest BCUT2D eigenvalue weighted by Gasteiger charge is 2.35. The predicted octanol–water partition coefficient (Wildman–Crippen LogP) is 3.69. The first-order valence-electron chi connectivity index (χ1n) is 9.93. The maximum Gasteiger partial charge on any atom is 0.435 e. The van der Waals surface area contributed by atoms with Gasteiger partial charge in [-0.15, -0.1) is 0 Å². The zero-order chi connectivity index (χ0) is 25.8. The van der Waals surface area contributed by atoms with Crippen molar-refractivity contribution in [3.8, 4) is 16.9 Å². The minimum absolute atomic E-state index is 0.138. The van der Waals surface area contributed by atoms with E-state index in [1.54, 1.807) is 42.6 Å². The zero-order valence-corrected chi connectivity index (χ0v) is 19.1. The van der Waals surface area contributed by atoms with E-state index in [2.05, 4.69) is 10.1 Å². The quantitative estimate of drug-likeness (QED) is 0.438. The second kappa shape index (κ2) is 10.1. The van der Waals surface area contributed by atoms with E-state index in [1.807, 2.05) is 6.92 Å². The second-order valence-electron chi connectivity index (χ2n) is 7.34. The lowest BCUT2D eigenvalue weighted by Gasteiger charge is -2.09. The highest BCUT2D eigenvalue weighted by Crippen LogP contribution is 2.33. The molecule has 0 aliphatic carbocycles. The number of primary sulfonamides is 1. The molecule has 2 aromatic heterocycles. The van der Waals surface area contributed by atoms with Crippen molar-refractivity contribution in [2.45, 2.75) is 18.0 Å². The number of hydrogen-bond acceptors (Lipinski definition) is 5. The molecule has 0 fully saturated rings. The molecule has 0 aliphatic rings. The summed E-state index contributed by atoms with van der Waals surface area (Å²) in [5, 5.41) is 8.70. The molecule has 4 rings (SSSR count). The number of aromatic nitrogens is 3. The van der Waals surface area contributed by atoms with Gasteiger partial charge in [0.25, 0.3) is 0 Å². The number of sulfonamides is 1. The van der Waals surface area contributed by atoms with Crippen molar-refractivity contribution in [2.24, 2.45) is 10.9 Å². The summed E-state index contributed by atoms with van der Waals surface area (Å²) >= 11 is 0. The summed E-state index contributed by atoms with van der Waals surface area (Å²) in [6.45, 7) is 1.87. The molecule has 0 spiro atoms. The molecular weight excluding hydrogens is 483 g/mol. The lowest BCUT2D eigenvalue weighted by atomic mass is 10.1. The Labute approximate surface area is 199 Å². The van der Waals surface area contributed by atoms with Gasteiger partial charge in [-0.25, -0.2) is 18.2 Å². The van der Waals surface area contributed by atoms with Crippen LogP contribution >= 0.6 is 0 Å². The van der Waals surface area contributed by atoms with E-state index in [9.17, 15) is 26.4 Å². The smallest absolute Gasteiger partial charge is 0.366 e. The van der Waals surface area contributed by atoms with Gasteiger partial charge in [-0.3, -0.25) is 9.78 Å². The van der Waals surface area contributed by atoms with Gasteiger partial charge in [0, 0.05) is 18.0 Å². The Bertz CT molecular complexity index is 1420. The molecule has 0 bridgehead atoms. The number of carbonyl (C=O) groups excluding carboxylic acids is 1. The summed E-state index contributed by atoms with van der Waals surface area (Å²) < 4.78 is 63.2. The maximum absolute atomic E-state index is 13.1. The van der Waals surface area contributed by atoms with Gasteiger partial charge in [-0.2, -0.15) is 18.3 Å². The lowest BCUT2D eigenvalue weighted by molar-refractivity contribution is -0.141. The number of hydrogen-bond donors (Lipinski definition) is 2. The Morgan fingerprint density at radius 1 is 1.00 bits per heavy atom. The average Bonchev–Trinajstić information content (AvgIpc) is 3.26. The van der Waals surface area contributed by atoms with Gasteiger partial charge < -0.3 is 5.73 Å². The highest BCUT2D eigenvalue weighted by atomic mass is 32.2. The van der Waals surface area contributed by atoms with Crippen LogP contribution in [0.2, 0.25) is 0 Å². The Kier molecular flexibility index (Phi) is 7.37. The van der Waals surface area contributed by atoms with Crippen LogP contribution in [0.5, 0.6) is 0 Å². The fraction of sp³-hybridized carbons (Fsp3) is 0.0870. The van der Waals surface area contributed by atoms with E-state index in [-0.39, 0.29) is 16.3 Å². The number of carbonyl (C=O) groups is 1. The first-order valence-corrected chi connectivity index (χ1v) is 11.5. The Morgan fingerprint density at radius 3 is 2.09 bits per heavy atom. The number of alkyl halides is 3. The van der Waals surface area contributed by atoms with Gasteiger partial charge >= 0.3 is 6.18 Å². The summed E-state index contributed by atoms with van der Waals surface area (Å²) in [6, 6.07) is 16.3. The van der Waals surface area contributed by atoms with Crippen LogP contribution in [0.4, 0.5) is 13.2 Å². The standard InChI is InChI=1S/C17H14F3N3O2S.C6H6N2O/c1-11-2-4-12(5-3-11)15-10-16(17(18,19)20)22-23(15)13-6-8-14(9-7-13)26(21,24)25;7-6(9)5-2-1-3-8-4-5/h2-10H,1H3,(H2,21,24,25);1-4H,(H2,7,9). The van der Waals surface area contributed by atoms with Gasteiger partial charge in [0.2, 0.25) is 15.9 Å². The van der Waals surface area contributed by atoms with E-state index in [0.717, 1.165) is 16.3 Å². The van der Waals surface area contributed by atoms with Gasteiger partial charge in [0.1, 0.15) is 0 Å². The number of pyridine rings is 1. The SMILES string of the molecule is Cc1ccc(-c2cc(C(F)(F)F)nn2-c2ccc(S(N)(=O)=O)cc2)cc1.NC(=O)c1cccnc1. The van der Waals surface area contributed by atoms with E-state index in [0.29, 0.717) is 11.1 Å². The first-order chi connectivity index (χ1) is 16.4. The van der Waals surface area contributed by atoms with Crippen LogP contribution in [0.3, 0.4) is 0 Å². The molecule has 4 aromatic rings. The van der Waals surface area contributed by atoms with Crippen molar-refractivity contribution in [1.29, 1.82) is 0 Å². The number of benzene rings is 2. The van der Waals surface area contributed by atoms with Gasteiger partial charge in [0.05, 0.1) is 21.8 Å². The van der Waals surface area contributed by atoms with Crippen molar-refractivity contribution in [2.75, 3.05) is 0 Å². The minimum Gasteiger partial charge on any atom is -0.366 e. The molecule has 1 amide bonds. The number of primary amides is 1. The molecule has 8 nitrogen and oxygen atoms in total. The monoisotopic (exact) mass is 503 g/mol. The number of aryl methyl sites for hydroxylation is 1. The van der Waals surface area contributed by atoms with Crippen LogP contribution in [0, 0.1) is 6.92 Å². The Balaban J connectivity index is 0.000000320. The second-order valence-corrected chi connectivity index (χ2v) is 8.90. The van der Waals surface area contributed by atoms with Crippen LogP contribution in [-0.4, -0.2) is 29.1 Å². The molecule has 2 aromatic carbocycles. The summed E-state index contributed by atoms with van der Waals surface area (Å²) in [5.41, 5.74) is 6.37. The lowest BCUT2D eigenvalue weighted by Crippen LogP contribution is -2.12. The van der Waals surface area contributed by atoms with E-state index < -0.39 is 27.8 Å². The minimum atomic E-state index is -4.61. The van der Waals surface area contributed by atoms with E-state index in [1.165, 1.54) is 30.5 Å². The predicted molar refractivity (Wildman–Crippen MR) is 123 cm³/mol. The molecule has 0 radical (unpaired) electrons. The summed E-state index contributed by atoms with van der Waals surface area (Å²) in [4.78, 5) is 14.0. The first kappa shape index (κ1) is 25.6. The van der Waals surface area contributed by atoms with Gasteiger partial charge in [0.15, 0.2) is 5.69 Å². The van der Waals surface area contributed by atoms with Crippen LogP contribution in [-0.2, 0) is 16.2 Å². The summed E-state index contributed by atoms with van der Waals surface area (Å²) in [7, 11) is -3.90. The van der Waals surface area contributed by atoms with Crippen molar-refractivity contribution >= 4 is 15.9 Å². The topological polar surface area (TPSA) is 134 Å². The maximum atomic E-state index is 13.1. The third-order valence-electron chi connectivity index (χ3n) is 4.70. The molecule has 4 N–H and O–H groups in total. The van der Waals surface area contributed by atoms with Crippen molar-refractivity contribution < 1.29 is 26.4 Å². The van der Waals surface area contributed by atoms with E-state index in [4.69, 9.17) is 10.9 Å². The fourth-order valence-corrected chi connectivity index (χ4v) is 3.45. The molecule has 0 aliphatic heterocycles. The van der Waals surface area contributed by atoms with Crippen LogP contribution in [0.25, 0.3) is 16.9 Å². The van der Waals surface area contributed by atoms with E-state index >= 15 is 0 Å². The molecule has 0 saturated carbocycles. The number of amides is 1. The Morgan fingerprint density at radius 2 is 1.63 bits per heavy atom. The molecule has 0 saturated heterocycles. The Hall–Kier alpha value is -4.03. The molecular formula is C23H20F3N5O3S. The third kappa shape index (κ3) is 6.52. The van der Waals surface area contributed by atoms with Crippen molar-refractivity contribution in [3.05, 3.63) is 95.9 Å². The highest BCUT2D eigenvalue weighted by molar-refractivity contribution is 7.89. The number of nitrogens with two attached hydrogens (primary N) is 2. The van der Waals surface area contributed by atoms with Gasteiger partial charge in [-0.1, -0.05) is 29.8 Å². The van der Waals surface area contributed by atoms with Crippen molar-refractivity contribution in [1.82, 2.24) is 14.8 Å². The summed E-state index contributed by atoms with van der Waals surface area (Å²) in [6.07, 6.45) is -1.58. The third-order valence-corrected chi connectivity index (χ3v) is 5.63. The van der Waals surface area contributed by atoms with Crippen LogP contribution < -0.4 is 10.9 Å². The normalized spacial score (nSPS) is 11.5. The fourth-order valence-electron chi connectivity index (χ4n) is 2.93. The van der Waals surface area contributed by atoms with Crippen molar-refractivity contribution in [3.63, 3.8) is 0 Å². The largest absolute Gasteiger partial charge is 0.435 e. The molecule has 12 heteroatoms. The summed E-state index contributed by atoms with van der Waals surface area (Å²) in [5.74, 6) is -0.442. The average molecular weight is 504 g/mol. The zero-order valence-electron chi connectivity index (χ0n) is 18.3. The molecule has 35 heavy (non-hydrogen) atoms. The van der Waals surface area contributed by atoms with Crippen LogP contribution in [0.15, 0.2) is 84.0 Å².